The van der Waals surface area contributed by atoms with E-state index >= 15 is 0 Å². The first-order valence-corrected chi connectivity index (χ1v) is 5.65. The summed E-state index contributed by atoms with van der Waals surface area (Å²) in [5.41, 5.74) is -0.0850. The predicted molar refractivity (Wildman–Crippen MR) is 59.0 cm³/mol. The van der Waals surface area contributed by atoms with Gasteiger partial charge >= 0.3 is 0 Å². The van der Waals surface area contributed by atoms with Gasteiger partial charge in [-0.1, -0.05) is 6.92 Å². The minimum Gasteiger partial charge on any atom is -0.469 e. The van der Waals surface area contributed by atoms with Crippen LogP contribution in [0.25, 0.3) is 0 Å². The highest BCUT2D eigenvalue weighted by atomic mass is 16.5. The van der Waals surface area contributed by atoms with Crippen LogP contribution in [0, 0.1) is 0 Å². The number of rotatable bonds is 5. The zero-order chi connectivity index (χ0) is 11.4. The van der Waals surface area contributed by atoms with Crippen LogP contribution in [0.4, 0.5) is 0 Å². The van der Waals surface area contributed by atoms with E-state index in [1.165, 1.54) is 0 Å². The fraction of sp³-hybridized carbons (Fsp3) is 0.583. The van der Waals surface area contributed by atoms with Gasteiger partial charge in [0, 0.05) is 12.0 Å². The van der Waals surface area contributed by atoms with Crippen LogP contribution in [0.1, 0.15) is 25.5 Å². The second-order valence-corrected chi connectivity index (χ2v) is 4.23. The SMILES string of the molecule is CCC1(CCc2ccco2)COC(C=O)N1. The van der Waals surface area contributed by atoms with Gasteiger partial charge < -0.3 is 9.15 Å². The molecule has 0 bridgehead atoms. The zero-order valence-corrected chi connectivity index (χ0v) is 9.44. The molecule has 2 rings (SSSR count). The van der Waals surface area contributed by atoms with Crippen LogP contribution >= 0.6 is 0 Å². The number of carbonyl (C=O) groups excluding carboxylic acids is 1. The Morgan fingerprint density at radius 3 is 3.12 bits per heavy atom. The molecule has 0 spiro atoms. The lowest BCUT2D eigenvalue weighted by Gasteiger charge is -2.26. The van der Waals surface area contributed by atoms with Crippen molar-refractivity contribution in [3.8, 4) is 0 Å². The Bertz CT molecular complexity index is 336. The Hall–Kier alpha value is -1.13. The molecule has 16 heavy (non-hydrogen) atoms. The highest BCUT2D eigenvalue weighted by Crippen LogP contribution is 2.24. The average molecular weight is 223 g/mol. The summed E-state index contributed by atoms with van der Waals surface area (Å²) >= 11 is 0. The fourth-order valence-corrected chi connectivity index (χ4v) is 2.05. The first-order chi connectivity index (χ1) is 7.78. The van der Waals surface area contributed by atoms with E-state index in [4.69, 9.17) is 9.15 Å². The molecule has 88 valence electrons. The summed E-state index contributed by atoms with van der Waals surface area (Å²) in [7, 11) is 0. The molecule has 1 aliphatic heterocycles. The van der Waals surface area contributed by atoms with E-state index in [2.05, 4.69) is 12.2 Å². The Morgan fingerprint density at radius 1 is 1.69 bits per heavy atom. The predicted octanol–water partition coefficient (Wildman–Crippen LogP) is 1.51. The molecule has 2 heterocycles. The van der Waals surface area contributed by atoms with Crippen LogP contribution in [0.3, 0.4) is 0 Å². The van der Waals surface area contributed by atoms with Crippen LogP contribution in [0.15, 0.2) is 22.8 Å². The highest BCUT2D eigenvalue weighted by Gasteiger charge is 2.37. The minimum atomic E-state index is -0.448. The summed E-state index contributed by atoms with van der Waals surface area (Å²) in [4.78, 5) is 10.6. The summed E-state index contributed by atoms with van der Waals surface area (Å²) in [6.07, 6.45) is 4.77. The molecule has 0 aromatic carbocycles. The lowest BCUT2D eigenvalue weighted by molar-refractivity contribution is -0.116. The van der Waals surface area contributed by atoms with E-state index in [-0.39, 0.29) is 5.54 Å². The van der Waals surface area contributed by atoms with Crippen molar-refractivity contribution < 1.29 is 13.9 Å². The molecule has 1 aromatic rings. The molecule has 4 nitrogen and oxygen atoms in total. The van der Waals surface area contributed by atoms with Crippen molar-refractivity contribution in [1.29, 1.82) is 0 Å². The molecule has 2 atom stereocenters. The molecule has 0 radical (unpaired) electrons. The van der Waals surface area contributed by atoms with Crippen LogP contribution in [0.2, 0.25) is 0 Å². The number of furan rings is 1. The number of ether oxygens (including phenoxy) is 1. The maximum atomic E-state index is 10.6. The summed E-state index contributed by atoms with van der Waals surface area (Å²) in [5, 5.41) is 3.23. The van der Waals surface area contributed by atoms with Gasteiger partial charge in [0.2, 0.25) is 0 Å². The Labute approximate surface area is 95.0 Å². The lowest BCUT2D eigenvalue weighted by Crippen LogP contribution is -2.45. The Balaban J connectivity index is 1.93. The Kier molecular flexibility index (Phi) is 3.41. The molecule has 1 aromatic heterocycles. The number of aryl methyl sites for hydroxylation is 1. The second-order valence-electron chi connectivity index (χ2n) is 4.23. The third-order valence-corrected chi connectivity index (χ3v) is 3.22. The largest absolute Gasteiger partial charge is 0.469 e. The summed E-state index contributed by atoms with van der Waals surface area (Å²) in [6, 6.07) is 3.86. The molecule has 1 saturated heterocycles. The van der Waals surface area contributed by atoms with Crippen LogP contribution in [-0.4, -0.2) is 24.7 Å². The van der Waals surface area contributed by atoms with Gasteiger partial charge in [0.25, 0.3) is 0 Å². The molecule has 2 unspecified atom stereocenters. The molecule has 4 heteroatoms. The molecule has 1 fully saturated rings. The number of carbonyl (C=O) groups is 1. The van der Waals surface area contributed by atoms with Crippen LogP contribution in [-0.2, 0) is 16.0 Å². The number of hydrogen-bond donors (Lipinski definition) is 1. The third-order valence-electron chi connectivity index (χ3n) is 3.22. The number of nitrogens with one attached hydrogen (secondary N) is 1. The van der Waals surface area contributed by atoms with Crippen molar-refractivity contribution >= 4 is 6.29 Å². The maximum absolute atomic E-state index is 10.6. The van der Waals surface area contributed by atoms with Crippen molar-refractivity contribution in [3.05, 3.63) is 24.2 Å². The van der Waals surface area contributed by atoms with Crippen LogP contribution in [0.5, 0.6) is 0 Å². The molecule has 1 N–H and O–H groups in total. The highest BCUT2D eigenvalue weighted by molar-refractivity contribution is 5.56. The standard InChI is InChI=1S/C12H17NO3/c1-2-12(9-16-11(8-14)13-12)6-5-10-4-3-7-15-10/h3-4,7-8,11,13H,2,5-6,9H2,1H3. The first-order valence-electron chi connectivity index (χ1n) is 5.65. The van der Waals surface area contributed by atoms with Crippen LogP contribution < -0.4 is 5.32 Å². The Morgan fingerprint density at radius 2 is 2.56 bits per heavy atom. The van der Waals surface area contributed by atoms with Gasteiger partial charge in [-0.25, -0.2) is 0 Å². The van der Waals surface area contributed by atoms with Gasteiger partial charge in [0.05, 0.1) is 12.9 Å². The molecular weight excluding hydrogens is 206 g/mol. The van der Waals surface area contributed by atoms with E-state index < -0.39 is 6.23 Å². The molecule has 0 aliphatic carbocycles. The van der Waals surface area contributed by atoms with E-state index in [1.54, 1.807) is 6.26 Å². The monoisotopic (exact) mass is 223 g/mol. The summed E-state index contributed by atoms with van der Waals surface area (Å²) < 4.78 is 10.7. The smallest absolute Gasteiger partial charge is 0.165 e. The van der Waals surface area contributed by atoms with Gasteiger partial charge in [-0.05, 0) is 25.0 Å². The van der Waals surface area contributed by atoms with Gasteiger partial charge in [0.15, 0.2) is 12.5 Å². The number of aldehydes is 1. The van der Waals surface area contributed by atoms with Gasteiger partial charge in [-0.3, -0.25) is 10.1 Å². The second kappa shape index (κ2) is 4.80. The lowest BCUT2D eigenvalue weighted by atomic mass is 9.91. The third kappa shape index (κ3) is 2.33. The normalized spacial score (nSPS) is 29.4. The van der Waals surface area contributed by atoms with E-state index in [1.807, 2.05) is 12.1 Å². The molecule has 0 amide bonds. The summed E-state index contributed by atoms with van der Waals surface area (Å²) in [5.74, 6) is 0.976. The van der Waals surface area contributed by atoms with E-state index in [9.17, 15) is 4.79 Å². The average Bonchev–Trinajstić information content (AvgIpc) is 2.96. The van der Waals surface area contributed by atoms with Gasteiger partial charge in [-0.15, -0.1) is 0 Å². The molecular formula is C12H17NO3. The van der Waals surface area contributed by atoms with Crippen molar-refractivity contribution in [3.63, 3.8) is 0 Å². The first kappa shape index (κ1) is 11.4. The summed E-state index contributed by atoms with van der Waals surface area (Å²) in [6.45, 7) is 2.69. The molecule has 1 aliphatic rings. The maximum Gasteiger partial charge on any atom is 0.165 e. The van der Waals surface area contributed by atoms with Gasteiger partial charge in [0.1, 0.15) is 5.76 Å². The quantitative estimate of drug-likeness (QED) is 0.769. The van der Waals surface area contributed by atoms with Crippen molar-refractivity contribution in [2.45, 2.75) is 38.0 Å². The van der Waals surface area contributed by atoms with Crippen molar-refractivity contribution in [2.75, 3.05) is 6.61 Å². The fourth-order valence-electron chi connectivity index (χ4n) is 2.05. The minimum absolute atomic E-state index is 0.0850. The van der Waals surface area contributed by atoms with E-state index in [0.717, 1.165) is 31.3 Å². The topological polar surface area (TPSA) is 51.5 Å². The van der Waals surface area contributed by atoms with Gasteiger partial charge in [-0.2, -0.15) is 0 Å². The van der Waals surface area contributed by atoms with Crippen molar-refractivity contribution in [2.24, 2.45) is 0 Å². The van der Waals surface area contributed by atoms with Crippen molar-refractivity contribution in [1.82, 2.24) is 5.32 Å². The number of hydrogen-bond acceptors (Lipinski definition) is 4. The van der Waals surface area contributed by atoms with E-state index in [0.29, 0.717) is 6.61 Å². The molecule has 0 saturated carbocycles. The zero-order valence-electron chi connectivity index (χ0n) is 9.44.